The van der Waals surface area contributed by atoms with Crippen LogP contribution in [-0.2, 0) is 11.0 Å². The molecule has 1 saturated heterocycles. The number of hydrogen-bond acceptors (Lipinski definition) is 5. The number of rotatable bonds is 3. The maximum atomic E-state index is 13.1. The van der Waals surface area contributed by atoms with Crippen LogP contribution in [0.5, 0.6) is 0 Å². The second-order valence-electron chi connectivity index (χ2n) is 7.54. The number of halogens is 3. The zero-order chi connectivity index (χ0) is 19.9. The summed E-state index contributed by atoms with van der Waals surface area (Å²) in [4.78, 5) is 22.9. The first-order valence-corrected chi connectivity index (χ1v) is 9.47. The van der Waals surface area contributed by atoms with Crippen molar-refractivity contribution >= 4 is 22.6 Å². The van der Waals surface area contributed by atoms with Crippen LogP contribution in [0.4, 0.5) is 19.0 Å². The minimum atomic E-state index is -4.46. The Morgan fingerprint density at radius 3 is 2.57 bits per heavy atom. The number of anilines is 1. The fourth-order valence-electron chi connectivity index (χ4n) is 4.12. The highest BCUT2D eigenvalue weighted by Crippen LogP contribution is 2.33. The third kappa shape index (κ3) is 3.63. The second-order valence-corrected chi connectivity index (χ2v) is 7.54. The van der Waals surface area contributed by atoms with Gasteiger partial charge in [0, 0.05) is 24.0 Å². The smallest absolute Gasteiger partial charge is 0.358 e. The van der Waals surface area contributed by atoms with Gasteiger partial charge >= 0.3 is 6.18 Å². The molecule has 0 bridgehead atoms. The van der Waals surface area contributed by atoms with Crippen LogP contribution in [-0.4, -0.2) is 45.4 Å². The van der Waals surface area contributed by atoms with Gasteiger partial charge in [0.15, 0.2) is 0 Å². The van der Waals surface area contributed by atoms with Gasteiger partial charge in [-0.1, -0.05) is 0 Å². The van der Waals surface area contributed by atoms with Gasteiger partial charge in [-0.3, -0.25) is 4.79 Å². The van der Waals surface area contributed by atoms with Crippen LogP contribution in [0, 0.1) is 0 Å². The summed E-state index contributed by atoms with van der Waals surface area (Å²) in [6.45, 7) is 0.632. The van der Waals surface area contributed by atoms with Crippen LogP contribution < -0.4 is 11.1 Å². The molecule has 2 fully saturated rings. The van der Waals surface area contributed by atoms with E-state index < -0.39 is 17.8 Å². The molecular formula is C19H22F3N5O. The number of carbonyl (C=O) groups is 1. The number of hydrogen-bond donors (Lipinski definition) is 2. The number of alkyl halides is 3. The van der Waals surface area contributed by atoms with Gasteiger partial charge in [-0.25, -0.2) is 9.97 Å². The average Bonchev–Trinajstić information content (AvgIpc) is 3.02. The number of nitrogens with two attached hydrogens (primary N) is 1. The van der Waals surface area contributed by atoms with Gasteiger partial charge in [0.05, 0.1) is 11.1 Å². The number of carbonyl (C=O) groups excluding carboxylic acids is 1. The lowest BCUT2D eigenvalue weighted by molar-refractivity contribution is -0.137. The van der Waals surface area contributed by atoms with Gasteiger partial charge < -0.3 is 16.0 Å². The van der Waals surface area contributed by atoms with Crippen LogP contribution >= 0.6 is 0 Å². The Morgan fingerprint density at radius 1 is 1.11 bits per heavy atom. The zero-order valence-corrected chi connectivity index (χ0v) is 15.2. The SMILES string of the molecule is NC1CCC(N2CC[C@H](Nc3ncnc4ccc(C(F)(F)F)cc34)C2=O)CC1. The quantitative estimate of drug-likeness (QED) is 0.838. The number of nitrogens with zero attached hydrogens (tertiary/aromatic N) is 3. The first-order chi connectivity index (χ1) is 13.3. The number of fused-ring (bicyclic) bond motifs is 1. The molecule has 6 nitrogen and oxygen atoms in total. The van der Waals surface area contributed by atoms with E-state index in [2.05, 4.69) is 15.3 Å². The molecule has 0 radical (unpaired) electrons. The Balaban J connectivity index is 1.54. The van der Waals surface area contributed by atoms with Crippen molar-refractivity contribution in [1.82, 2.24) is 14.9 Å². The van der Waals surface area contributed by atoms with E-state index in [1.165, 1.54) is 12.4 Å². The number of benzene rings is 1. The molecule has 9 heteroatoms. The van der Waals surface area contributed by atoms with Crippen LogP contribution in [0.3, 0.4) is 0 Å². The molecule has 150 valence electrons. The van der Waals surface area contributed by atoms with Crippen molar-refractivity contribution < 1.29 is 18.0 Å². The molecule has 1 aromatic heterocycles. The van der Waals surface area contributed by atoms with E-state index in [0.717, 1.165) is 37.8 Å². The summed E-state index contributed by atoms with van der Waals surface area (Å²) in [6, 6.07) is 3.24. The normalized spacial score (nSPS) is 26.1. The highest BCUT2D eigenvalue weighted by Gasteiger charge is 2.37. The molecule has 1 aliphatic carbocycles. The molecule has 3 N–H and O–H groups in total. The first-order valence-electron chi connectivity index (χ1n) is 9.47. The molecule has 1 atom stereocenters. The highest BCUT2D eigenvalue weighted by molar-refractivity contribution is 5.93. The summed E-state index contributed by atoms with van der Waals surface area (Å²) in [5.74, 6) is 0.223. The van der Waals surface area contributed by atoms with Crippen molar-refractivity contribution in [1.29, 1.82) is 0 Å². The van der Waals surface area contributed by atoms with Crippen molar-refractivity contribution in [3.05, 3.63) is 30.1 Å². The van der Waals surface area contributed by atoms with Gasteiger partial charge in [0.2, 0.25) is 5.91 Å². The van der Waals surface area contributed by atoms with Gasteiger partial charge in [-0.15, -0.1) is 0 Å². The van der Waals surface area contributed by atoms with Crippen LogP contribution in [0.1, 0.15) is 37.7 Å². The Labute approximate surface area is 160 Å². The zero-order valence-electron chi connectivity index (χ0n) is 15.2. The highest BCUT2D eigenvalue weighted by atomic mass is 19.4. The first kappa shape index (κ1) is 18.9. The van der Waals surface area contributed by atoms with Crippen molar-refractivity contribution in [2.24, 2.45) is 5.73 Å². The van der Waals surface area contributed by atoms with E-state index in [4.69, 9.17) is 5.73 Å². The third-order valence-corrected chi connectivity index (χ3v) is 5.70. The van der Waals surface area contributed by atoms with Gasteiger partial charge in [0.1, 0.15) is 18.2 Å². The summed E-state index contributed by atoms with van der Waals surface area (Å²) in [6.07, 6.45) is 1.02. The standard InChI is InChI=1S/C19H22F3N5O/c20-19(21,22)11-1-6-15-14(9-11)17(25-10-24-15)26-16-7-8-27(18(16)28)13-4-2-12(23)3-5-13/h1,6,9-10,12-13,16H,2-5,7-8,23H2,(H,24,25,26)/t12?,13?,16-/m0/s1. The van der Waals surface area contributed by atoms with E-state index in [1.54, 1.807) is 0 Å². The molecule has 1 aliphatic heterocycles. The summed E-state index contributed by atoms with van der Waals surface area (Å²) < 4.78 is 39.2. The molecule has 1 aromatic carbocycles. The maximum absolute atomic E-state index is 13.1. The number of amides is 1. The maximum Gasteiger partial charge on any atom is 0.416 e. The third-order valence-electron chi connectivity index (χ3n) is 5.70. The summed E-state index contributed by atoms with van der Waals surface area (Å²) in [5.41, 5.74) is 5.57. The number of aromatic nitrogens is 2. The minimum absolute atomic E-state index is 0.0285. The Bertz CT molecular complexity index is 879. The molecule has 0 unspecified atom stereocenters. The summed E-state index contributed by atoms with van der Waals surface area (Å²) in [7, 11) is 0. The van der Waals surface area contributed by atoms with Crippen LogP contribution in [0.15, 0.2) is 24.5 Å². The lowest BCUT2D eigenvalue weighted by atomic mass is 9.91. The average molecular weight is 393 g/mol. The number of likely N-dealkylation sites (tertiary alicyclic amines) is 1. The van der Waals surface area contributed by atoms with Crippen molar-refractivity contribution in [3.8, 4) is 0 Å². The largest absolute Gasteiger partial charge is 0.416 e. The number of nitrogens with one attached hydrogen (secondary N) is 1. The minimum Gasteiger partial charge on any atom is -0.358 e. The predicted octanol–water partition coefficient (Wildman–Crippen LogP) is 2.93. The predicted molar refractivity (Wildman–Crippen MR) is 98.5 cm³/mol. The molecule has 2 heterocycles. The Morgan fingerprint density at radius 2 is 1.86 bits per heavy atom. The summed E-state index contributed by atoms with van der Waals surface area (Å²) >= 11 is 0. The second kappa shape index (κ2) is 7.20. The lowest BCUT2D eigenvalue weighted by Gasteiger charge is -2.33. The van der Waals surface area contributed by atoms with Gasteiger partial charge in [-0.05, 0) is 50.3 Å². The molecule has 2 aliphatic rings. The van der Waals surface area contributed by atoms with Gasteiger partial charge in [-0.2, -0.15) is 13.2 Å². The van der Waals surface area contributed by atoms with Crippen molar-refractivity contribution in [2.75, 3.05) is 11.9 Å². The molecule has 4 rings (SSSR count). The molecule has 2 aromatic rings. The molecular weight excluding hydrogens is 371 g/mol. The molecule has 1 amide bonds. The topological polar surface area (TPSA) is 84.1 Å². The molecule has 0 spiro atoms. The van der Waals surface area contributed by atoms with Crippen molar-refractivity contribution in [3.63, 3.8) is 0 Å². The van der Waals surface area contributed by atoms with E-state index in [1.807, 2.05) is 4.90 Å². The van der Waals surface area contributed by atoms with Gasteiger partial charge in [0.25, 0.3) is 0 Å². The van der Waals surface area contributed by atoms with Crippen LogP contribution in [0.2, 0.25) is 0 Å². The Hall–Kier alpha value is -2.42. The van der Waals surface area contributed by atoms with E-state index in [-0.39, 0.29) is 29.2 Å². The monoisotopic (exact) mass is 393 g/mol. The fraction of sp³-hybridized carbons (Fsp3) is 0.526. The Kier molecular flexibility index (Phi) is 4.86. The van der Waals surface area contributed by atoms with E-state index in [9.17, 15) is 18.0 Å². The molecule has 28 heavy (non-hydrogen) atoms. The van der Waals surface area contributed by atoms with Crippen molar-refractivity contribution in [2.45, 2.75) is 56.4 Å². The van der Waals surface area contributed by atoms with Crippen LogP contribution in [0.25, 0.3) is 10.9 Å². The molecule has 1 saturated carbocycles. The summed E-state index contributed by atoms with van der Waals surface area (Å²) in [5, 5.41) is 3.31. The lowest BCUT2D eigenvalue weighted by Crippen LogP contribution is -2.44. The van der Waals surface area contributed by atoms with E-state index >= 15 is 0 Å². The van der Waals surface area contributed by atoms with E-state index in [0.29, 0.717) is 18.5 Å². The fourth-order valence-corrected chi connectivity index (χ4v) is 4.12.